The maximum absolute atomic E-state index is 12.3. The first-order valence-electron chi connectivity index (χ1n) is 6.09. The molecule has 0 aliphatic rings. The second-order valence-electron chi connectivity index (χ2n) is 4.69. The number of aryl methyl sites for hydroxylation is 3. The first-order valence-corrected chi connectivity index (χ1v) is 6.09. The number of carbonyl (C=O) groups excluding carboxylic acids is 1. The third-order valence-electron chi connectivity index (χ3n) is 3.06. The standard InChI is InChI=1S/C12H15N5O3/c1-7-5-8(2)16(13-7)12(18)10(4)15-6-11(17(19)20)9(3)14-15/h5-6,10H,1-4H3/t10-/m0/s1. The van der Waals surface area contributed by atoms with Crippen LogP contribution in [-0.2, 0) is 0 Å². The minimum atomic E-state index is -0.666. The van der Waals surface area contributed by atoms with Crippen LogP contribution in [0.5, 0.6) is 0 Å². The van der Waals surface area contributed by atoms with E-state index in [9.17, 15) is 14.9 Å². The second-order valence-corrected chi connectivity index (χ2v) is 4.69. The quantitative estimate of drug-likeness (QED) is 0.629. The van der Waals surface area contributed by atoms with E-state index in [0.29, 0.717) is 0 Å². The summed E-state index contributed by atoms with van der Waals surface area (Å²) in [5, 5.41) is 18.9. The molecule has 20 heavy (non-hydrogen) atoms. The smallest absolute Gasteiger partial charge is 0.270 e. The largest absolute Gasteiger partial charge is 0.309 e. The zero-order valence-corrected chi connectivity index (χ0v) is 11.7. The first-order chi connectivity index (χ1) is 9.31. The van der Waals surface area contributed by atoms with Gasteiger partial charge in [-0.2, -0.15) is 10.2 Å². The molecule has 0 saturated carbocycles. The molecule has 2 rings (SSSR count). The zero-order chi connectivity index (χ0) is 15.0. The van der Waals surface area contributed by atoms with Crippen molar-refractivity contribution in [3.63, 3.8) is 0 Å². The molecule has 2 aromatic rings. The fourth-order valence-corrected chi connectivity index (χ4v) is 1.99. The lowest BCUT2D eigenvalue weighted by Crippen LogP contribution is -2.25. The van der Waals surface area contributed by atoms with E-state index in [-0.39, 0.29) is 17.3 Å². The molecule has 0 N–H and O–H groups in total. The molecule has 0 bridgehead atoms. The highest BCUT2D eigenvalue weighted by Crippen LogP contribution is 2.19. The van der Waals surface area contributed by atoms with Gasteiger partial charge in [-0.25, -0.2) is 4.68 Å². The molecule has 0 amide bonds. The highest BCUT2D eigenvalue weighted by atomic mass is 16.6. The van der Waals surface area contributed by atoms with E-state index < -0.39 is 11.0 Å². The Hall–Kier alpha value is -2.51. The number of rotatable bonds is 3. The summed E-state index contributed by atoms with van der Waals surface area (Å²) in [5.74, 6) is -0.284. The summed E-state index contributed by atoms with van der Waals surface area (Å²) in [6, 6.07) is 1.13. The Morgan fingerprint density at radius 2 is 2.00 bits per heavy atom. The van der Waals surface area contributed by atoms with Crippen molar-refractivity contribution in [3.8, 4) is 0 Å². The van der Waals surface area contributed by atoms with Crippen molar-refractivity contribution in [2.75, 3.05) is 0 Å². The molecule has 0 fully saturated rings. The lowest BCUT2D eigenvalue weighted by atomic mass is 10.3. The molecule has 0 spiro atoms. The van der Waals surface area contributed by atoms with Gasteiger partial charge in [0.25, 0.3) is 5.91 Å². The predicted octanol–water partition coefficient (Wildman–Crippen LogP) is 1.81. The van der Waals surface area contributed by atoms with Crippen LogP contribution in [0.15, 0.2) is 12.3 Å². The first kappa shape index (κ1) is 13.9. The Kier molecular flexibility index (Phi) is 3.39. The van der Waals surface area contributed by atoms with Crippen molar-refractivity contribution in [3.05, 3.63) is 39.5 Å². The molecule has 0 aromatic carbocycles. The Morgan fingerprint density at radius 1 is 1.35 bits per heavy atom. The van der Waals surface area contributed by atoms with Gasteiger partial charge in [0, 0.05) is 5.69 Å². The Labute approximate surface area is 115 Å². The third-order valence-corrected chi connectivity index (χ3v) is 3.06. The lowest BCUT2D eigenvalue weighted by molar-refractivity contribution is -0.385. The Balaban J connectivity index is 2.34. The van der Waals surface area contributed by atoms with Crippen molar-refractivity contribution in [1.82, 2.24) is 19.6 Å². The second kappa shape index (κ2) is 4.87. The molecule has 0 aliphatic heterocycles. The van der Waals surface area contributed by atoms with Gasteiger partial charge >= 0.3 is 5.69 Å². The fraction of sp³-hybridized carbons (Fsp3) is 0.417. The van der Waals surface area contributed by atoms with Gasteiger partial charge in [-0.05, 0) is 33.8 Å². The molecule has 2 aromatic heterocycles. The van der Waals surface area contributed by atoms with Crippen molar-refractivity contribution < 1.29 is 9.72 Å². The average Bonchev–Trinajstić information content (AvgIpc) is 2.90. The van der Waals surface area contributed by atoms with E-state index in [1.165, 1.54) is 22.5 Å². The van der Waals surface area contributed by atoms with Crippen LogP contribution in [0, 0.1) is 30.9 Å². The lowest BCUT2D eigenvalue weighted by Gasteiger charge is -2.11. The van der Waals surface area contributed by atoms with E-state index >= 15 is 0 Å². The van der Waals surface area contributed by atoms with Gasteiger partial charge in [0.1, 0.15) is 17.9 Å². The monoisotopic (exact) mass is 277 g/mol. The molecule has 1 atom stereocenters. The zero-order valence-electron chi connectivity index (χ0n) is 11.7. The fourth-order valence-electron chi connectivity index (χ4n) is 1.99. The predicted molar refractivity (Wildman–Crippen MR) is 70.7 cm³/mol. The maximum Gasteiger partial charge on any atom is 0.309 e. The number of hydrogen-bond acceptors (Lipinski definition) is 5. The van der Waals surface area contributed by atoms with Gasteiger partial charge in [-0.15, -0.1) is 0 Å². The SMILES string of the molecule is Cc1cc(C)n(C(=O)[C@H](C)n2cc([N+](=O)[O-])c(C)n2)n1. The van der Waals surface area contributed by atoms with E-state index in [0.717, 1.165) is 11.4 Å². The van der Waals surface area contributed by atoms with Crippen LogP contribution in [0.4, 0.5) is 5.69 Å². The summed E-state index contributed by atoms with van der Waals surface area (Å²) >= 11 is 0. The van der Waals surface area contributed by atoms with Crippen LogP contribution in [-0.4, -0.2) is 30.4 Å². The number of aromatic nitrogens is 4. The molecule has 2 heterocycles. The molecule has 0 unspecified atom stereocenters. The Morgan fingerprint density at radius 3 is 2.45 bits per heavy atom. The van der Waals surface area contributed by atoms with Crippen molar-refractivity contribution in [2.45, 2.75) is 33.7 Å². The molecule has 0 radical (unpaired) electrons. The van der Waals surface area contributed by atoms with Gasteiger partial charge in [0.15, 0.2) is 0 Å². The van der Waals surface area contributed by atoms with Gasteiger partial charge < -0.3 is 0 Å². The van der Waals surface area contributed by atoms with Crippen LogP contribution in [0.1, 0.15) is 34.8 Å². The third kappa shape index (κ3) is 2.31. The number of nitrogens with zero attached hydrogens (tertiary/aromatic N) is 5. The van der Waals surface area contributed by atoms with Crippen molar-refractivity contribution in [1.29, 1.82) is 0 Å². The van der Waals surface area contributed by atoms with Crippen LogP contribution in [0.3, 0.4) is 0 Å². The normalized spacial score (nSPS) is 12.4. The summed E-state index contributed by atoms with van der Waals surface area (Å²) in [7, 11) is 0. The van der Waals surface area contributed by atoms with Crippen LogP contribution >= 0.6 is 0 Å². The van der Waals surface area contributed by atoms with Crippen LogP contribution in [0.25, 0.3) is 0 Å². The molecule has 8 heteroatoms. The van der Waals surface area contributed by atoms with E-state index in [4.69, 9.17) is 0 Å². The van der Waals surface area contributed by atoms with Crippen molar-refractivity contribution >= 4 is 11.6 Å². The van der Waals surface area contributed by atoms with Gasteiger partial charge in [0.2, 0.25) is 0 Å². The molecular formula is C12H15N5O3. The minimum Gasteiger partial charge on any atom is -0.270 e. The van der Waals surface area contributed by atoms with E-state index in [2.05, 4.69) is 10.2 Å². The number of nitro groups is 1. The molecule has 0 saturated heterocycles. The summed E-state index contributed by atoms with van der Waals surface area (Å²) in [5.41, 5.74) is 1.64. The van der Waals surface area contributed by atoms with E-state index in [1.54, 1.807) is 26.8 Å². The highest BCUT2D eigenvalue weighted by molar-refractivity contribution is 5.82. The molecule has 106 valence electrons. The molecule has 0 aliphatic carbocycles. The van der Waals surface area contributed by atoms with E-state index in [1.807, 2.05) is 0 Å². The van der Waals surface area contributed by atoms with Crippen molar-refractivity contribution in [2.24, 2.45) is 0 Å². The Bertz CT molecular complexity index is 685. The summed E-state index contributed by atoms with van der Waals surface area (Å²) < 4.78 is 2.59. The van der Waals surface area contributed by atoms with Crippen LogP contribution < -0.4 is 0 Å². The molecular weight excluding hydrogens is 262 g/mol. The highest BCUT2D eigenvalue weighted by Gasteiger charge is 2.24. The summed E-state index contributed by atoms with van der Waals surface area (Å²) in [6.45, 7) is 6.75. The van der Waals surface area contributed by atoms with Gasteiger partial charge in [0.05, 0.1) is 10.6 Å². The average molecular weight is 277 g/mol. The van der Waals surface area contributed by atoms with Crippen LogP contribution in [0.2, 0.25) is 0 Å². The number of carbonyl (C=O) groups is 1. The summed E-state index contributed by atoms with van der Waals surface area (Å²) in [4.78, 5) is 22.6. The van der Waals surface area contributed by atoms with Gasteiger partial charge in [-0.1, -0.05) is 0 Å². The molecule has 8 nitrogen and oxygen atoms in total. The topological polar surface area (TPSA) is 95.8 Å². The van der Waals surface area contributed by atoms with Gasteiger partial charge in [-0.3, -0.25) is 19.6 Å². The summed E-state index contributed by atoms with van der Waals surface area (Å²) in [6.07, 6.45) is 1.27. The minimum absolute atomic E-state index is 0.0991. The maximum atomic E-state index is 12.3. The number of hydrogen-bond donors (Lipinski definition) is 0.